The number of rotatable bonds is 4. The number of hydrogen-bond acceptors (Lipinski definition) is 4. The summed E-state index contributed by atoms with van der Waals surface area (Å²) < 4.78 is 115. The van der Waals surface area contributed by atoms with Crippen molar-refractivity contribution in [3.05, 3.63) is 71.8 Å². The molecule has 0 aliphatic heterocycles. The van der Waals surface area contributed by atoms with Crippen LogP contribution in [0.1, 0.15) is 11.1 Å². The summed E-state index contributed by atoms with van der Waals surface area (Å²) in [6.07, 6.45) is -9.26. The molecular weight excluding hydrogens is 498 g/mol. The molecule has 0 heterocycles. The average molecular weight is 514 g/mol. The molecule has 4 aromatic carbocycles. The Bertz CT molecular complexity index is 1560. The van der Waals surface area contributed by atoms with E-state index in [9.17, 15) is 34.8 Å². The van der Waals surface area contributed by atoms with Crippen LogP contribution in [0.4, 0.5) is 26.3 Å². The molecule has 0 spiro atoms. The molecule has 0 aromatic heterocycles. The van der Waals surface area contributed by atoms with E-state index in [1.54, 1.807) is 0 Å². The van der Waals surface area contributed by atoms with Gasteiger partial charge >= 0.3 is 12.4 Å². The molecule has 0 saturated heterocycles. The van der Waals surface area contributed by atoms with Crippen LogP contribution in [0.2, 0.25) is 0 Å². The fourth-order valence-corrected chi connectivity index (χ4v) is 4.83. The minimum Gasteiger partial charge on any atom is -0.496 e. The highest BCUT2D eigenvalue weighted by molar-refractivity contribution is 7.87. The van der Waals surface area contributed by atoms with Gasteiger partial charge in [0.1, 0.15) is 10.6 Å². The molecule has 0 amide bonds. The fourth-order valence-electron chi connectivity index (χ4n) is 3.96. The van der Waals surface area contributed by atoms with Gasteiger partial charge in [-0.15, -0.1) is 0 Å². The maximum atomic E-state index is 13.3. The van der Waals surface area contributed by atoms with Crippen LogP contribution in [0.3, 0.4) is 0 Å². The van der Waals surface area contributed by atoms with Gasteiger partial charge in [-0.2, -0.15) is 34.8 Å². The van der Waals surface area contributed by atoms with Crippen molar-refractivity contribution in [2.24, 2.45) is 0 Å². The summed E-state index contributed by atoms with van der Waals surface area (Å²) in [5.41, 5.74) is -1.82. The van der Waals surface area contributed by atoms with Gasteiger partial charge in [0, 0.05) is 11.1 Å². The van der Waals surface area contributed by atoms with Crippen LogP contribution in [-0.4, -0.2) is 22.6 Å². The van der Waals surface area contributed by atoms with E-state index >= 15 is 0 Å². The third-order valence-electron chi connectivity index (χ3n) is 5.58. The number of ether oxygens (including phenoxy) is 1. The first kappa shape index (κ1) is 24.8. The van der Waals surface area contributed by atoms with Gasteiger partial charge in [0.25, 0.3) is 10.1 Å². The topological polar surface area (TPSA) is 52.6 Å². The second-order valence-corrected chi connectivity index (χ2v) is 9.25. The summed E-state index contributed by atoms with van der Waals surface area (Å²) >= 11 is 0. The maximum Gasteiger partial charge on any atom is 0.416 e. The molecule has 0 radical (unpaired) electrons. The first-order valence-electron chi connectivity index (χ1n) is 9.91. The van der Waals surface area contributed by atoms with Gasteiger partial charge < -0.3 is 4.74 Å². The lowest BCUT2D eigenvalue weighted by Gasteiger charge is -2.19. The number of benzene rings is 4. The summed E-state index contributed by atoms with van der Waals surface area (Å²) in [5.74, 6) is 0.109. The zero-order valence-corrected chi connectivity index (χ0v) is 18.9. The van der Waals surface area contributed by atoms with Crippen molar-refractivity contribution in [3.8, 4) is 16.9 Å². The largest absolute Gasteiger partial charge is 0.496 e. The second-order valence-electron chi connectivity index (χ2n) is 7.57. The highest BCUT2D eigenvalue weighted by Crippen LogP contribution is 2.46. The lowest BCUT2D eigenvalue weighted by Crippen LogP contribution is -2.08. The van der Waals surface area contributed by atoms with Gasteiger partial charge in [0.15, 0.2) is 0 Å². The van der Waals surface area contributed by atoms with E-state index in [-0.39, 0.29) is 43.3 Å². The van der Waals surface area contributed by atoms with E-state index < -0.39 is 33.6 Å². The predicted molar refractivity (Wildman–Crippen MR) is 118 cm³/mol. The Morgan fingerprint density at radius 2 is 1.14 bits per heavy atom. The molecule has 4 rings (SSSR count). The molecule has 0 unspecified atom stereocenters. The third kappa shape index (κ3) is 4.41. The SMILES string of the molecule is COc1ccc2cc(C(F)(F)F)ccc2c1-c1c(S(=O)(=O)OC)ccc2cc(C(F)(F)F)ccc12. The van der Waals surface area contributed by atoms with Crippen LogP contribution < -0.4 is 4.74 Å². The first-order chi connectivity index (χ1) is 16.3. The Balaban J connectivity index is 2.18. The third-order valence-corrected chi connectivity index (χ3v) is 6.89. The summed E-state index contributed by atoms with van der Waals surface area (Å²) in [7, 11) is -2.18. The Kier molecular flexibility index (Phi) is 5.97. The van der Waals surface area contributed by atoms with Gasteiger partial charge in [0.2, 0.25) is 0 Å². The number of methoxy groups -OCH3 is 1. The van der Waals surface area contributed by atoms with Crippen LogP contribution in [0.5, 0.6) is 5.75 Å². The molecule has 4 nitrogen and oxygen atoms in total. The van der Waals surface area contributed by atoms with Crippen LogP contribution in [0.15, 0.2) is 65.6 Å². The minimum atomic E-state index is -4.64. The van der Waals surface area contributed by atoms with Crippen molar-refractivity contribution in [3.63, 3.8) is 0 Å². The van der Waals surface area contributed by atoms with Crippen molar-refractivity contribution in [1.82, 2.24) is 0 Å². The van der Waals surface area contributed by atoms with Crippen LogP contribution in [0.25, 0.3) is 32.7 Å². The molecule has 0 saturated carbocycles. The summed E-state index contributed by atoms with van der Waals surface area (Å²) in [6, 6.07) is 10.7. The zero-order chi connectivity index (χ0) is 25.8. The van der Waals surface area contributed by atoms with Crippen molar-refractivity contribution in [1.29, 1.82) is 0 Å². The molecule has 4 aromatic rings. The quantitative estimate of drug-likeness (QED) is 0.217. The summed E-state index contributed by atoms with van der Waals surface area (Å²) in [6.45, 7) is 0. The molecule has 0 aliphatic carbocycles. The molecule has 35 heavy (non-hydrogen) atoms. The van der Waals surface area contributed by atoms with Crippen LogP contribution in [0, 0.1) is 0 Å². The Hall–Kier alpha value is -3.31. The smallest absolute Gasteiger partial charge is 0.416 e. The molecule has 0 bridgehead atoms. The number of hydrogen-bond donors (Lipinski definition) is 0. The minimum absolute atomic E-state index is 0.0553. The second kappa shape index (κ2) is 8.42. The molecule has 11 heteroatoms. The van der Waals surface area contributed by atoms with Gasteiger partial charge in [0.05, 0.1) is 25.3 Å². The summed E-state index contributed by atoms with van der Waals surface area (Å²) in [5, 5.41) is 0.510. The maximum absolute atomic E-state index is 13.3. The highest BCUT2D eigenvalue weighted by atomic mass is 32.2. The Labute approximate surface area is 195 Å². The van der Waals surface area contributed by atoms with Gasteiger partial charge in [-0.1, -0.05) is 24.3 Å². The van der Waals surface area contributed by atoms with E-state index in [2.05, 4.69) is 4.18 Å². The Morgan fingerprint density at radius 1 is 0.657 bits per heavy atom. The normalized spacial score (nSPS) is 12.9. The van der Waals surface area contributed by atoms with Crippen molar-refractivity contribution >= 4 is 31.7 Å². The van der Waals surface area contributed by atoms with Gasteiger partial charge in [-0.25, -0.2) is 0 Å². The van der Waals surface area contributed by atoms with E-state index in [4.69, 9.17) is 4.74 Å². The first-order valence-corrected chi connectivity index (χ1v) is 11.3. The molecule has 0 fully saturated rings. The van der Waals surface area contributed by atoms with E-state index in [1.165, 1.54) is 31.4 Å². The lowest BCUT2D eigenvalue weighted by atomic mass is 9.91. The average Bonchev–Trinajstić information content (AvgIpc) is 2.80. The zero-order valence-electron chi connectivity index (χ0n) is 18.1. The van der Waals surface area contributed by atoms with Crippen molar-refractivity contribution < 1.29 is 43.7 Å². The van der Waals surface area contributed by atoms with Crippen LogP contribution >= 0.6 is 0 Å². The molecule has 0 N–H and O–H groups in total. The predicted octanol–water partition coefficient (Wildman–Crippen LogP) is 7.04. The van der Waals surface area contributed by atoms with E-state index in [0.29, 0.717) is 0 Å². The lowest BCUT2D eigenvalue weighted by molar-refractivity contribution is -0.138. The molecule has 184 valence electrons. The molecular formula is C24H16F6O4S. The summed E-state index contributed by atoms with van der Waals surface area (Å²) in [4.78, 5) is -0.377. The van der Waals surface area contributed by atoms with Crippen LogP contribution in [-0.2, 0) is 26.7 Å². The number of alkyl halides is 6. The van der Waals surface area contributed by atoms with E-state index in [1.807, 2.05) is 0 Å². The molecule has 0 atom stereocenters. The fraction of sp³-hybridized carbons (Fsp3) is 0.167. The van der Waals surface area contributed by atoms with Crippen molar-refractivity contribution in [2.45, 2.75) is 17.2 Å². The monoisotopic (exact) mass is 514 g/mol. The van der Waals surface area contributed by atoms with Gasteiger partial charge in [-0.05, 0) is 57.9 Å². The van der Waals surface area contributed by atoms with E-state index in [0.717, 1.165) is 43.5 Å². The molecule has 0 aliphatic rings. The van der Waals surface area contributed by atoms with Crippen molar-refractivity contribution in [2.75, 3.05) is 14.2 Å². The van der Waals surface area contributed by atoms with Gasteiger partial charge in [-0.3, -0.25) is 4.18 Å². The Morgan fingerprint density at radius 3 is 1.60 bits per heavy atom. The standard InChI is InChI=1S/C24H16F6O4S/c1-33-19-9-3-13-11-15(23(25,26)27)5-7-17(13)21(19)22-18-8-6-16(24(28,29)30)12-14(18)4-10-20(22)35(31,32)34-2/h3-12H,1-2H3. The number of fused-ring (bicyclic) bond motifs is 2. The number of halogens is 6. The highest BCUT2D eigenvalue weighted by Gasteiger charge is 2.33.